The van der Waals surface area contributed by atoms with E-state index in [0.29, 0.717) is 12.0 Å². The van der Waals surface area contributed by atoms with Crippen molar-refractivity contribution >= 4 is 0 Å². The molecular weight excluding hydrogens is 214 g/mol. The lowest BCUT2D eigenvalue weighted by molar-refractivity contribution is 0.173. The molecule has 2 unspecified atom stereocenters. The normalized spacial score (nSPS) is 21.9. The Balaban J connectivity index is 1.94. The summed E-state index contributed by atoms with van der Waals surface area (Å²) in [6.07, 6.45) is 6.36. The van der Waals surface area contributed by atoms with E-state index in [4.69, 9.17) is 4.74 Å². The first-order valence-corrected chi connectivity index (χ1v) is 6.59. The number of ether oxygens (including phenoxy) is 1. The topological polar surface area (TPSA) is 39.1 Å². The molecule has 0 bridgehead atoms. The maximum Gasteiger partial charge on any atom is 0.0566 e. The van der Waals surface area contributed by atoms with Crippen molar-refractivity contribution < 1.29 is 4.74 Å². The third-order valence-corrected chi connectivity index (χ3v) is 3.34. The molecule has 0 amide bonds. The van der Waals surface area contributed by atoms with Crippen LogP contribution >= 0.6 is 0 Å². The molecule has 1 aliphatic rings. The average molecular weight is 237 g/mol. The Kier molecular flexibility index (Phi) is 4.57. The number of hydrogen-bond acceptors (Lipinski definition) is 3. The first-order chi connectivity index (χ1) is 8.29. The Morgan fingerprint density at radius 3 is 3.12 bits per heavy atom. The first-order valence-electron chi connectivity index (χ1n) is 6.59. The van der Waals surface area contributed by atoms with Crippen molar-refractivity contribution in [3.63, 3.8) is 0 Å². The molecule has 4 heteroatoms. The summed E-state index contributed by atoms with van der Waals surface area (Å²) in [4.78, 5) is 0. The zero-order valence-corrected chi connectivity index (χ0v) is 10.9. The van der Waals surface area contributed by atoms with Crippen LogP contribution in [0.1, 0.15) is 25.3 Å². The SMILES string of the molecule is CCCNC(Cn1cc(C)cn1)C1CCOC1. The number of nitrogens with one attached hydrogen (secondary N) is 1. The highest BCUT2D eigenvalue weighted by Gasteiger charge is 2.25. The quantitative estimate of drug-likeness (QED) is 0.816. The van der Waals surface area contributed by atoms with Gasteiger partial charge in [-0.2, -0.15) is 5.10 Å². The van der Waals surface area contributed by atoms with E-state index in [-0.39, 0.29) is 0 Å². The van der Waals surface area contributed by atoms with Gasteiger partial charge in [0.1, 0.15) is 0 Å². The molecule has 1 aromatic heterocycles. The third kappa shape index (κ3) is 3.54. The van der Waals surface area contributed by atoms with Crippen LogP contribution in [0.5, 0.6) is 0 Å². The standard InChI is InChI=1S/C13H23N3O/c1-3-5-14-13(12-4-6-17-10-12)9-16-8-11(2)7-15-16/h7-8,12-14H,3-6,9-10H2,1-2H3. The fourth-order valence-electron chi connectivity index (χ4n) is 2.35. The molecule has 1 aromatic rings. The van der Waals surface area contributed by atoms with Gasteiger partial charge in [-0.15, -0.1) is 0 Å². The third-order valence-electron chi connectivity index (χ3n) is 3.34. The molecule has 1 N–H and O–H groups in total. The van der Waals surface area contributed by atoms with Crippen LogP contribution in [0.15, 0.2) is 12.4 Å². The van der Waals surface area contributed by atoms with Gasteiger partial charge in [0.25, 0.3) is 0 Å². The van der Waals surface area contributed by atoms with E-state index >= 15 is 0 Å². The highest BCUT2D eigenvalue weighted by molar-refractivity contribution is 4.99. The van der Waals surface area contributed by atoms with E-state index in [1.54, 1.807) is 0 Å². The van der Waals surface area contributed by atoms with Crippen molar-refractivity contribution in [2.45, 2.75) is 39.3 Å². The van der Waals surface area contributed by atoms with Gasteiger partial charge in [0.2, 0.25) is 0 Å². The number of rotatable bonds is 6. The van der Waals surface area contributed by atoms with Gasteiger partial charge in [-0.05, 0) is 31.9 Å². The van der Waals surface area contributed by atoms with Gasteiger partial charge in [-0.1, -0.05) is 6.92 Å². The summed E-state index contributed by atoms with van der Waals surface area (Å²) >= 11 is 0. The van der Waals surface area contributed by atoms with Crippen LogP contribution < -0.4 is 5.32 Å². The van der Waals surface area contributed by atoms with Gasteiger partial charge in [-0.3, -0.25) is 4.68 Å². The van der Waals surface area contributed by atoms with Crippen LogP contribution in [0.25, 0.3) is 0 Å². The Bertz CT molecular complexity index is 331. The van der Waals surface area contributed by atoms with Crippen LogP contribution in [-0.4, -0.2) is 35.6 Å². The van der Waals surface area contributed by atoms with E-state index in [2.05, 4.69) is 30.5 Å². The maximum absolute atomic E-state index is 5.49. The number of hydrogen-bond donors (Lipinski definition) is 1. The van der Waals surface area contributed by atoms with Crippen molar-refractivity contribution in [3.05, 3.63) is 18.0 Å². The van der Waals surface area contributed by atoms with Gasteiger partial charge < -0.3 is 10.1 Å². The number of aryl methyl sites for hydroxylation is 1. The van der Waals surface area contributed by atoms with Crippen LogP contribution in [0.4, 0.5) is 0 Å². The summed E-state index contributed by atoms with van der Waals surface area (Å²) in [6.45, 7) is 8.10. The minimum Gasteiger partial charge on any atom is -0.381 e. The van der Waals surface area contributed by atoms with Crippen LogP contribution in [-0.2, 0) is 11.3 Å². The molecule has 0 saturated carbocycles. The molecule has 2 heterocycles. The molecule has 2 atom stereocenters. The summed E-state index contributed by atoms with van der Waals surface area (Å²) in [5.74, 6) is 0.631. The van der Waals surface area contributed by atoms with E-state index in [1.165, 1.54) is 18.4 Å². The van der Waals surface area contributed by atoms with Crippen molar-refractivity contribution in [1.82, 2.24) is 15.1 Å². The van der Waals surface area contributed by atoms with E-state index in [0.717, 1.165) is 26.3 Å². The zero-order chi connectivity index (χ0) is 12.1. The number of nitrogens with zero attached hydrogens (tertiary/aromatic N) is 2. The summed E-state index contributed by atoms with van der Waals surface area (Å²) in [5, 5.41) is 8.00. The molecule has 0 aromatic carbocycles. The lowest BCUT2D eigenvalue weighted by Gasteiger charge is -2.23. The molecule has 0 aliphatic carbocycles. The molecule has 0 radical (unpaired) electrons. The van der Waals surface area contributed by atoms with Crippen molar-refractivity contribution in [2.24, 2.45) is 5.92 Å². The maximum atomic E-state index is 5.49. The first kappa shape index (κ1) is 12.6. The lowest BCUT2D eigenvalue weighted by Crippen LogP contribution is -2.40. The molecule has 1 fully saturated rings. The smallest absolute Gasteiger partial charge is 0.0566 e. The molecular formula is C13H23N3O. The predicted octanol–water partition coefficient (Wildman–Crippen LogP) is 1.60. The van der Waals surface area contributed by atoms with Gasteiger partial charge in [0.05, 0.1) is 19.3 Å². The average Bonchev–Trinajstić information content (AvgIpc) is 2.95. The second kappa shape index (κ2) is 6.17. The van der Waals surface area contributed by atoms with Gasteiger partial charge in [0, 0.05) is 24.8 Å². The summed E-state index contributed by atoms with van der Waals surface area (Å²) in [6, 6.07) is 0.483. The van der Waals surface area contributed by atoms with Crippen molar-refractivity contribution in [1.29, 1.82) is 0 Å². The minimum atomic E-state index is 0.483. The van der Waals surface area contributed by atoms with Crippen molar-refractivity contribution in [2.75, 3.05) is 19.8 Å². The van der Waals surface area contributed by atoms with Gasteiger partial charge in [0.15, 0.2) is 0 Å². The summed E-state index contributed by atoms with van der Waals surface area (Å²) in [7, 11) is 0. The monoisotopic (exact) mass is 237 g/mol. The van der Waals surface area contributed by atoms with Gasteiger partial charge >= 0.3 is 0 Å². The lowest BCUT2D eigenvalue weighted by atomic mass is 9.99. The Hall–Kier alpha value is -0.870. The molecule has 1 aliphatic heterocycles. The molecule has 4 nitrogen and oxygen atoms in total. The van der Waals surface area contributed by atoms with E-state index < -0.39 is 0 Å². The van der Waals surface area contributed by atoms with Crippen LogP contribution in [0.3, 0.4) is 0 Å². The fourth-order valence-corrected chi connectivity index (χ4v) is 2.35. The molecule has 96 valence electrons. The van der Waals surface area contributed by atoms with Crippen molar-refractivity contribution in [3.8, 4) is 0 Å². The highest BCUT2D eigenvalue weighted by Crippen LogP contribution is 2.18. The Morgan fingerprint density at radius 2 is 2.53 bits per heavy atom. The second-order valence-electron chi connectivity index (χ2n) is 4.92. The van der Waals surface area contributed by atoms with Gasteiger partial charge in [-0.25, -0.2) is 0 Å². The Labute approximate surface area is 103 Å². The molecule has 2 rings (SSSR count). The largest absolute Gasteiger partial charge is 0.381 e. The minimum absolute atomic E-state index is 0.483. The fraction of sp³-hybridized carbons (Fsp3) is 0.769. The summed E-state index contributed by atoms with van der Waals surface area (Å²) < 4.78 is 7.53. The highest BCUT2D eigenvalue weighted by atomic mass is 16.5. The van der Waals surface area contributed by atoms with Crippen LogP contribution in [0, 0.1) is 12.8 Å². The molecule has 17 heavy (non-hydrogen) atoms. The van der Waals surface area contributed by atoms with Crippen LogP contribution in [0.2, 0.25) is 0 Å². The summed E-state index contributed by atoms with van der Waals surface area (Å²) in [5.41, 5.74) is 1.22. The second-order valence-corrected chi connectivity index (χ2v) is 4.92. The predicted molar refractivity (Wildman–Crippen MR) is 68.0 cm³/mol. The van der Waals surface area contributed by atoms with E-state index in [1.807, 2.05) is 10.9 Å². The Morgan fingerprint density at radius 1 is 1.65 bits per heavy atom. The zero-order valence-electron chi connectivity index (χ0n) is 10.9. The molecule has 1 saturated heterocycles. The number of aromatic nitrogens is 2. The van der Waals surface area contributed by atoms with E-state index in [9.17, 15) is 0 Å². The molecule has 0 spiro atoms.